The first-order valence-electron chi connectivity index (χ1n) is 3.84. The lowest BCUT2D eigenvalue weighted by Crippen LogP contribution is -2.14. The van der Waals surface area contributed by atoms with Gasteiger partial charge < -0.3 is 5.11 Å². The van der Waals surface area contributed by atoms with Crippen LogP contribution in [0.2, 0.25) is 0 Å². The molecule has 2 saturated heterocycles. The molecule has 0 aromatic heterocycles. The Morgan fingerprint density at radius 2 is 2.00 bits per heavy atom. The van der Waals surface area contributed by atoms with E-state index in [0.717, 1.165) is 5.92 Å². The maximum Gasteiger partial charge on any atom is 0.0545 e. The summed E-state index contributed by atoms with van der Waals surface area (Å²) in [5.41, 5.74) is 0. The van der Waals surface area contributed by atoms with E-state index in [1.807, 2.05) is 0 Å². The van der Waals surface area contributed by atoms with Crippen LogP contribution in [0, 0.1) is 5.92 Å². The molecule has 1 unspecified atom stereocenters. The van der Waals surface area contributed by atoms with Gasteiger partial charge in [0.2, 0.25) is 0 Å². The molecule has 0 aliphatic carbocycles. The highest BCUT2D eigenvalue weighted by atomic mass is 79.9. The Balaban J connectivity index is 2.20. The van der Waals surface area contributed by atoms with Crippen LogP contribution in [0.15, 0.2) is 0 Å². The van der Waals surface area contributed by atoms with Gasteiger partial charge in [-0.25, -0.2) is 0 Å². The summed E-state index contributed by atoms with van der Waals surface area (Å²) in [7, 11) is -0.496. The largest absolute Gasteiger partial charge is 0.395 e. The van der Waals surface area contributed by atoms with Crippen molar-refractivity contribution < 1.29 is 5.11 Å². The Hall–Kier alpha value is 0.790. The van der Waals surface area contributed by atoms with Crippen LogP contribution in [-0.4, -0.2) is 28.5 Å². The van der Waals surface area contributed by atoms with Crippen LogP contribution in [0.4, 0.5) is 0 Å². The zero-order valence-corrected chi connectivity index (χ0v) is 8.33. The lowest BCUT2D eigenvalue weighted by molar-refractivity contribution is 0.270. The van der Waals surface area contributed by atoms with Gasteiger partial charge in [-0.2, -0.15) is 8.46 Å². The molecule has 2 heterocycles. The van der Waals surface area contributed by atoms with Crippen molar-refractivity contribution in [2.24, 2.45) is 5.92 Å². The van der Waals surface area contributed by atoms with Gasteiger partial charge in [0.05, 0.1) is 6.61 Å². The van der Waals surface area contributed by atoms with E-state index in [9.17, 15) is 0 Å². The Morgan fingerprint density at radius 3 is 2.20 bits per heavy atom. The van der Waals surface area contributed by atoms with Crippen LogP contribution >= 0.6 is 23.3 Å². The first kappa shape index (κ1) is 7.44. The molecule has 2 rings (SSSR count). The van der Waals surface area contributed by atoms with Gasteiger partial charge in [-0.1, -0.05) is 0 Å². The van der Waals surface area contributed by atoms with Gasteiger partial charge in [0.1, 0.15) is 0 Å². The normalized spacial score (nSPS) is 58.6. The van der Waals surface area contributed by atoms with Crippen LogP contribution in [0.25, 0.3) is 0 Å². The summed E-state index contributed by atoms with van der Waals surface area (Å²) in [6.45, 7) is 0.422. The van der Waals surface area contributed by atoms with E-state index in [0.29, 0.717) is 11.9 Å². The molecule has 0 aromatic rings. The van der Waals surface area contributed by atoms with E-state index >= 15 is 0 Å². The fraction of sp³-hybridized carbons (Fsp3) is 1.00. The minimum Gasteiger partial charge on any atom is -0.395 e. The van der Waals surface area contributed by atoms with Crippen molar-refractivity contribution in [3.05, 3.63) is 0 Å². The van der Waals surface area contributed by atoms with Crippen molar-refractivity contribution in [2.45, 2.75) is 18.1 Å². The lowest BCUT2D eigenvalue weighted by atomic mass is 10.0. The maximum absolute atomic E-state index is 9.10. The smallest absolute Gasteiger partial charge is 0.0545 e. The van der Waals surface area contributed by atoms with Crippen molar-refractivity contribution in [2.75, 3.05) is 18.1 Å². The van der Waals surface area contributed by atoms with Gasteiger partial charge in [0.15, 0.2) is 0 Å². The van der Waals surface area contributed by atoms with E-state index in [4.69, 9.17) is 5.11 Å². The summed E-state index contributed by atoms with van der Waals surface area (Å²) < 4.78 is 0. The van der Waals surface area contributed by atoms with Gasteiger partial charge in [-0.3, -0.25) is 0 Å². The maximum atomic E-state index is 9.10. The van der Waals surface area contributed by atoms with Gasteiger partial charge >= 0.3 is 0 Å². The fourth-order valence-electron chi connectivity index (χ4n) is 2.24. The number of halogens is 1. The summed E-state index contributed by atoms with van der Waals surface area (Å²) in [6.07, 6.45) is 2.73. The van der Waals surface area contributed by atoms with Crippen LogP contribution in [0.5, 0.6) is 0 Å². The van der Waals surface area contributed by atoms with Gasteiger partial charge in [0.25, 0.3) is 0 Å². The molecular weight excluding hydrogens is 212 g/mol. The summed E-state index contributed by atoms with van der Waals surface area (Å²) in [4.78, 5) is 0. The van der Waals surface area contributed by atoms with Crippen LogP contribution in [0.3, 0.4) is 0 Å². The van der Waals surface area contributed by atoms with Gasteiger partial charge in [0, 0.05) is 5.25 Å². The second-order valence-electron chi connectivity index (χ2n) is 3.31. The number of hydrogen-bond acceptors (Lipinski definition) is 1. The van der Waals surface area contributed by atoms with E-state index in [2.05, 4.69) is 14.8 Å². The Bertz CT molecular complexity index is 143. The molecule has 2 bridgehead atoms. The zero-order chi connectivity index (χ0) is 7.19. The van der Waals surface area contributed by atoms with Crippen molar-refractivity contribution in [3.63, 3.8) is 0 Å². The average Bonchev–Trinajstić information content (AvgIpc) is 2.39. The predicted molar refractivity (Wildman–Crippen MR) is 49.8 cm³/mol. The quantitative estimate of drug-likeness (QED) is 0.722. The lowest BCUT2D eigenvalue weighted by Gasteiger charge is -2.29. The second-order valence-corrected chi connectivity index (χ2v) is 10.3. The summed E-state index contributed by atoms with van der Waals surface area (Å²) in [5, 5.41) is 9.75. The third-order valence-corrected chi connectivity index (χ3v) is 9.74. The molecular formula is C7H13BrOS. The van der Waals surface area contributed by atoms with Crippen molar-refractivity contribution in [1.29, 1.82) is 0 Å². The van der Waals surface area contributed by atoms with Crippen LogP contribution < -0.4 is 0 Å². The molecule has 0 aromatic carbocycles. The fourth-order valence-corrected chi connectivity index (χ4v) is 8.06. The number of aliphatic hydroxyl groups is 1. The first-order chi connectivity index (χ1) is 4.76. The predicted octanol–water partition coefficient (Wildman–Crippen LogP) is 1.89. The number of hydrogen-bond donors (Lipinski definition) is 1. The third-order valence-electron chi connectivity index (χ3n) is 2.90. The number of fused-ring (bicyclic) bond motifs is 2. The molecule has 2 aliphatic heterocycles. The standard InChI is InChI=1S/C7H13BrOS/c8-10-3-1-6(2-4-10)7(10)5-9/h6-7,9H,1-5H2. The third kappa shape index (κ3) is 0.868. The van der Waals surface area contributed by atoms with Crippen molar-refractivity contribution in [3.8, 4) is 0 Å². The monoisotopic (exact) mass is 224 g/mol. The highest BCUT2D eigenvalue weighted by Gasteiger charge is 2.47. The average molecular weight is 225 g/mol. The Labute approximate surface area is 70.7 Å². The molecule has 60 valence electrons. The highest BCUT2D eigenvalue weighted by molar-refractivity contribution is 9.58. The SMILES string of the molecule is OCC1C2CCS1(Br)CC2. The summed E-state index contributed by atoms with van der Waals surface area (Å²) in [6, 6.07) is 0. The van der Waals surface area contributed by atoms with Crippen molar-refractivity contribution >= 4 is 23.3 Å². The number of aliphatic hydroxyl groups excluding tert-OH is 1. The summed E-state index contributed by atoms with van der Waals surface area (Å²) >= 11 is 3.84. The van der Waals surface area contributed by atoms with Gasteiger partial charge in [-0.05, 0) is 45.1 Å². The molecule has 0 radical (unpaired) electrons. The Morgan fingerprint density at radius 1 is 1.40 bits per heavy atom. The highest BCUT2D eigenvalue weighted by Crippen LogP contribution is 2.72. The second kappa shape index (κ2) is 2.39. The molecule has 0 saturated carbocycles. The van der Waals surface area contributed by atoms with Crippen LogP contribution in [-0.2, 0) is 0 Å². The van der Waals surface area contributed by atoms with E-state index in [1.165, 1.54) is 24.3 Å². The van der Waals surface area contributed by atoms with Gasteiger partial charge in [-0.15, -0.1) is 0 Å². The summed E-state index contributed by atoms with van der Waals surface area (Å²) in [5.74, 6) is 3.59. The molecule has 0 spiro atoms. The molecule has 2 aliphatic rings. The Kier molecular flexibility index (Phi) is 1.78. The first-order valence-corrected chi connectivity index (χ1v) is 7.72. The van der Waals surface area contributed by atoms with Crippen LogP contribution in [0.1, 0.15) is 12.8 Å². The minimum atomic E-state index is -0.496. The molecule has 2 fully saturated rings. The molecule has 1 N–H and O–H groups in total. The topological polar surface area (TPSA) is 20.2 Å². The molecule has 1 atom stereocenters. The van der Waals surface area contributed by atoms with E-state index in [-0.39, 0.29) is 0 Å². The van der Waals surface area contributed by atoms with Crippen molar-refractivity contribution in [1.82, 2.24) is 0 Å². The number of rotatable bonds is 1. The van der Waals surface area contributed by atoms with E-state index in [1.54, 1.807) is 0 Å². The van der Waals surface area contributed by atoms with E-state index < -0.39 is 8.46 Å². The minimum absolute atomic E-state index is 0.422. The molecule has 10 heavy (non-hydrogen) atoms. The molecule has 3 heteroatoms. The molecule has 0 amide bonds. The molecule has 1 nitrogen and oxygen atoms in total. The zero-order valence-electron chi connectivity index (χ0n) is 5.92.